The number of carbonyl (C=O) groups excluding carboxylic acids is 3. The first kappa shape index (κ1) is 32.0. The Kier molecular flexibility index (Phi) is 10.1. The molecule has 0 aromatic carbocycles. The zero-order valence-corrected chi connectivity index (χ0v) is 24.7. The first-order chi connectivity index (χ1) is 18.8. The first-order valence-electron chi connectivity index (χ1n) is 14.4. The highest BCUT2D eigenvalue weighted by molar-refractivity contribution is 5.72. The van der Waals surface area contributed by atoms with Crippen LogP contribution in [0.15, 0.2) is 36.5 Å². The SMILES string of the molecule is C=CC(=C)CC[C@@]1(C)[C@H]2C[C@H](OC(=O)C(C)CC)C=C3[C@H](OC(=O)CCC)O[C@H](OC(C)=O)[C@@]32[C@H](O)[C@H](O)[C@@H]1C. The van der Waals surface area contributed by atoms with Gasteiger partial charge in [-0.15, -0.1) is 0 Å². The standard InChI is InChI=1S/C31H46O9/c1-9-12-24(33)39-28-22-15-21(38-27(36)18(5)11-3)16-23-30(8,14-13-17(4)10-2)19(6)25(34)26(35)31(22,23)29(40-28)37-20(7)32/h10,15,18-19,21,23,25-26,28-29,34-35H,2,4,9,11-14,16H2,1,3,5-8H3/t18?,19-,21+,23+,25+,26+,28+,29-,30+,31-/m0/s1. The van der Waals surface area contributed by atoms with Gasteiger partial charge in [0.1, 0.15) is 6.10 Å². The van der Waals surface area contributed by atoms with Gasteiger partial charge >= 0.3 is 17.9 Å². The average molecular weight is 563 g/mol. The molecule has 224 valence electrons. The quantitative estimate of drug-likeness (QED) is 0.163. The molecule has 2 N–H and O–H groups in total. The van der Waals surface area contributed by atoms with Crippen LogP contribution < -0.4 is 0 Å². The van der Waals surface area contributed by atoms with Gasteiger partial charge in [-0.2, -0.15) is 0 Å². The third-order valence-corrected chi connectivity index (χ3v) is 9.48. The fraction of sp³-hybridized carbons (Fsp3) is 0.710. The Morgan fingerprint density at radius 3 is 2.45 bits per heavy atom. The van der Waals surface area contributed by atoms with Gasteiger partial charge in [0.25, 0.3) is 0 Å². The van der Waals surface area contributed by atoms with E-state index in [-0.39, 0.29) is 24.7 Å². The fourth-order valence-electron chi connectivity index (χ4n) is 6.71. The summed E-state index contributed by atoms with van der Waals surface area (Å²) >= 11 is 0. The van der Waals surface area contributed by atoms with E-state index in [0.717, 1.165) is 5.57 Å². The molecule has 2 aliphatic carbocycles. The third kappa shape index (κ3) is 5.65. The number of ether oxygens (including phenoxy) is 4. The lowest BCUT2D eigenvalue weighted by Gasteiger charge is -2.62. The third-order valence-electron chi connectivity index (χ3n) is 9.48. The summed E-state index contributed by atoms with van der Waals surface area (Å²) in [5.41, 5.74) is -0.957. The minimum Gasteiger partial charge on any atom is -0.458 e. The van der Waals surface area contributed by atoms with Crippen LogP contribution in [-0.2, 0) is 33.3 Å². The van der Waals surface area contributed by atoms with Crippen molar-refractivity contribution in [3.8, 4) is 0 Å². The van der Waals surface area contributed by atoms with Gasteiger partial charge in [0.05, 0.1) is 23.5 Å². The molecule has 0 aromatic rings. The zero-order chi connectivity index (χ0) is 30.0. The summed E-state index contributed by atoms with van der Waals surface area (Å²) in [5, 5.41) is 23.3. The lowest BCUT2D eigenvalue weighted by Crippen LogP contribution is -2.68. The average Bonchev–Trinajstić information content (AvgIpc) is 3.20. The maximum atomic E-state index is 12.9. The van der Waals surface area contributed by atoms with Crippen LogP contribution in [0.4, 0.5) is 0 Å². The molecule has 9 nitrogen and oxygen atoms in total. The van der Waals surface area contributed by atoms with Crippen molar-refractivity contribution < 1.29 is 43.5 Å². The van der Waals surface area contributed by atoms with Crippen LogP contribution >= 0.6 is 0 Å². The molecule has 3 rings (SSSR count). The maximum absolute atomic E-state index is 12.9. The lowest BCUT2D eigenvalue weighted by atomic mass is 9.44. The molecule has 0 bridgehead atoms. The number of esters is 3. The van der Waals surface area contributed by atoms with Gasteiger partial charge in [0.2, 0.25) is 12.6 Å². The number of rotatable bonds is 11. The number of allylic oxidation sites excluding steroid dienone is 2. The number of carbonyl (C=O) groups is 3. The fourth-order valence-corrected chi connectivity index (χ4v) is 6.71. The van der Waals surface area contributed by atoms with Gasteiger partial charge in [0.15, 0.2) is 0 Å². The van der Waals surface area contributed by atoms with Crippen LogP contribution in [0.3, 0.4) is 0 Å². The molecule has 10 atom stereocenters. The number of hydrogen-bond donors (Lipinski definition) is 2. The normalized spacial score (nSPS) is 37.3. The summed E-state index contributed by atoms with van der Waals surface area (Å²) in [6.07, 6.45) is 0.0646. The van der Waals surface area contributed by atoms with Crippen LogP contribution in [0.5, 0.6) is 0 Å². The Labute approximate surface area is 237 Å². The van der Waals surface area contributed by atoms with Gasteiger partial charge in [-0.25, -0.2) is 0 Å². The van der Waals surface area contributed by atoms with Gasteiger partial charge in [-0.1, -0.05) is 59.4 Å². The number of aliphatic hydroxyl groups is 2. The monoisotopic (exact) mass is 562 g/mol. The van der Waals surface area contributed by atoms with Crippen molar-refractivity contribution in [3.05, 3.63) is 36.5 Å². The second-order valence-corrected chi connectivity index (χ2v) is 11.9. The minimum absolute atomic E-state index is 0.137. The van der Waals surface area contributed by atoms with E-state index < -0.39 is 65.5 Å². The summed E-state index contributed by atoms with van der Waals surface area (Å²) in [6, 6.07) is 0. The molecule has 0 amide bonds. The summed E-state index contributed by atoms with van der Waals surface area (Å²) in [7, 11) is 0. The minimum atomic E-state index is -1.45. The van der Waals surface area contributed by atoms with Crippen molar-refractivity contribution in [2.45, 2.75) is 111 Å². The summed E-state index contributed by atoms with van der Waals surface area (Å²) < 4.78 is 23.5. The number of aliphatic hydroxyl groups excluding tert-OH is 2. The van der Waals surface area contributed by atoms with Gasteiger partial charge in [-0.05, 0) is 55.4 Å². The van der Waals surface area contributed by atoms with E-state index in [4.69, 9.17) is 18.9 Å². The van der Waals surface area contributed by atoms with Crippen LogP contribution in [0.2, 0.25) is 0 Å². The van der Waals surface area contributed by atoms with Crippen molar-refractivity contribution in [2.24, 2.45) is 28.6 Å². The summed E-state index contributed by atoms with van der Waals surface area (Å²) in [4.78, 5) is 37.8. The summed E-state index contributed by atoms with van der Waals surface area (Å²) in [5.74, 6) is -2.76. The molecular formula is C31H46O9. The van der Waals surface area contributed by atoms with Crippen molar-refractivity contribution in [2.75, 3.05) is 0 Å². The Bertz CT molecular complexity index is 1030. The predicted molar refractivity (Wildman–Crippen MR) is 147 cm³/mol. The van der Waals surface area contributed by atoms with Crippen molar-refractivity contribution in [1.82, 2.24) is 0 Å². The van der Waals surface area contributed by atoms with Crippen LogP contribution in [-0.4, -0.2) is 59.0 Å². The highest BCUT2D eigenvalue weighted by Gasteiger charge is 2.73. The molecular weight excluding hydrogens is 516 g/mol. The van der Waals surface area contributed by atoms with Crippen LogP contribution in [0.1, 0.15) is 80.1 Å². The highest BCUT2D eigenvalue weighted by Crippen LogP contribution is 2.67. The number of hydrogen-bond acceptors (Lipinski definition) is 9. The molecule has 1 saturated carbocycles. The van der Waals surface area contributed by atoms with Crippen LogP contribution in [0.25, 0.3) is 0 Å². The second kappa shape index (κ2) is 12.6. The van der Waals surface area contributed by atoms with E-state index in [0.29, 0.717) is 31.3 Å². The van der Waals surface area contributed by atoms with Crippen molar-refractivity contribution >= 4 is 17.9 Å². The molecule has 40 heavy (non-hydrogen) atoms. The van der Waals surface area contributed by atoms with Gasteiger partial charge in [0, 0.05) is 18.9 Å². The molecule has 9 heteroatoms. The Hall–Kier alpha value is -2.49. The van der Waals surface area contributed by atoms with E-state index in [1.54, 1.807) is 19.1 Å². The highest BCUT2D eigenvalue weighted by atomic mass is 16.8. The molecule has 2 fully saturated rings. The molecule has 1 unspecified atom stereocenters. The van der Waals surface area contributed by atoms with E-state index in [1.165, 1.54) is 6.92 Å². The molecule has 3 aliphatic rings. The predicted octanol–water partition coefficient (Wildman–Crippen LogP) is 4.37. The van der Waals surface area contributed by atoms with E-state index in [1.807, 2.05) is 27.7 Å². The molecule has 0 aromatic heterocycles. The summed E-state index contributed by atoms with van der Waals surface area (Å²) in [6.45, 7) is 18.5. The Morgan fingerprint density at radius 1 is 1.20 bits per heavy atom. The Balaban J connectivity index is 2.23. The second-order valence-electron chi connectivity index (χ2n) is 11.9. The molecule has 1 saturated heterocycles. The van der Waals surface area contributed by atoms with Crippen LogP contribution in [0, 0.1) is 28.6 Å². The zero-order valence-electron chi connectivity index (χ0n) is 24.7. The topological polar surface area (TPSA) is 129 Å². The molecule has 1 spiro atoms. The van der Waals surface area contributed by atoms with Crippen molar-refractivity contribution in [1.29, 1.82) is 0 Å². The maximum Gasteiger partial charge on any atom is 0.309 e. The largest absolute Gasteiger partial charge is 0.458 e. The van der Waals surface area contributed by atoms with Gasteiger partial charge in [-0.3, -0.25) is 19.1 Å². The van der Waals surface area contributed by atoms with Crippen molar-refractivity contribution in [3.63, 3.8) is 0 Å². The van der Waals surface area contributed by atoms with Gasteiger partial charge < -0.3 is 24.4 Å². The van der Waals surface area contributed by atoms with E-state index in [9.17, 15) is 24.6 Å². The first-order valence-corrected chi connectivity index (χ1v) is 14.4. The van der Waals surface area contributed by atoms with E-state index >= 15 is 0 Å². The van der Waals surface area contributed by atoms with E-state index in [2.05, 4.69) is 13.2 Å². The molecule has 1 aliphatic heterocycles. The molecule has 1 heterocycles. The smallest absolute Gasteiger partial charge is 0.309 e. The lowest BCUT2D eigenvalue weighted by molar-refractivity contribution is -0.274. The Morgan fingerprint density at radius 2 is 1.88 bits per heavy atom. The molecule has 0 radical (unpaired) electrons.